The number of nitrogens with one attached hydrogen (secondary N) is 2. The highest BCUT2D eigenvalue weighted by molar-refractivity contribution is 5.91. The van der Waals surface area contributed by atoms with Crippen molar-refractivity contribution >= 4 is 11.7 Å². The van der Waals surface area contributed by atoms with Gasteiger partial charge in [0.15, 0.2) is 5.82 Å². The lowest BCUT2D eigenvalue weighted by molar-refractivity contribution is -0.118. The van der Waals surface area contributed by atoms with Gasteiger partial charge in [0.05, 0.1) is 6.54 Å². The summed E-state index contributed by atoms with van der Waals surface area (Å²) in [5, 5.41) is 9.87. The number of piperidine rings is 1. The Morgan fingerprint density at radius 2 is 2.32 bits per heavy atom. The van der Waals surface area contributed by atoms with Gasteiger partial charge in [-0.05, 0) is 39.4 Å². The molecule has 0 unspecified atom stereocenters. The highest BCUT2D eigenvalue weighted by Gasteiger charge is 2.21. The monoisotopic (exact) mass is 266 g/mol. The summed E-state index contributed by atoms with van der Waals surface area (Å²) in [5.74, 6) is 1.15. The molecule has 0 radical (unpaired) electrons. The molecule has 6 heteroatoms. The SMILES string of the molecule is CCN(CC(=O)Nc1cc(C)on1)C1CCNCC1. The van der Waals surface area contributed by atoms with Crippen LogP contribution in [0, 0.1) is 6.92 Å². The number of anilines is 1. The minimum atomic E-state index is -0.0336. The van der Waals surface area contributed by atoms with Crippen LogP contribution in [-0.2, 0) is 4.79 Å². The van der Waals surface area contributed by atoms with Gasteiger partial charge in [-0.25, -0.2) is 0 Å². The Balaban J connectivity index is 1.85. The van der Waals surface area contributed by atoms with Crippen molar-refractivity contribution in [1.29, 1.82) is 0 Å². The van der Waals surface area contributed by atoms with E-state index in [1.165, 1.54) is 0 Å². The number of aromatic nitrogens is 1. The smallest absolute Gasteiger partial charge is 0.239 e. The first kappa shape index (κ1) is 14.0. The molecule has 0 aromatic carbocycles. The predicted molar refractivity (Wildman–Crippen MR) is 73.0 cm³/mol. The summed E-state index contributed by atoms with van der Waals surface area (Å²) in [6, 6.07) is 2.22. The van der Waals surface area contributed by atoms with Gasteiger partial charge in [-0.15, -0.1) is 0 Å². The molecule has 0 bridgehead atoms. The summed E-state index contributed by atoms with van der Waals surface area (Å²) < 4.78 is 4.93. The minimum absolute atomic E-state index is 0.0336. The molecule has 0 atom stereocenters. The van der Waals surface area contributed by atoms with Crippen LogP contribution in [0.15, 0.2) is 10.6 Å². The number of amides is 1. The quantitative estimate of drug-likeness (QED) is 0.832. The molecule has 1 aliphatic rings. The van der Waals surface area contributed by atoms with E-state index in [2.05, 4.69) is 27.6 Å². The topological polar surface area (TPSA) is 70.4 Å². The van der Waals surface area contributed by atoms with Crippen molar-refractivity contribution in [2.45, 2.75) is 32.7 Å². The second-order valence-corrected chi connectivity index (χ2v) is 4.92. The van der Waals surface area contributed by atoms with Crippen molar-refractivity contribution in [3.05, 3.63) is 11.8 Å². The molecule has 1 fully saturated rings. The molecule has 0 spiro atoms. The molecule has 0 aliphatic carbocycles. The van der Waals surface area contributed by atoms with E-state index >= 15 is 0 Å². The van der Waals surface area contributed by atoms with Gasteiger partial charge < -0.3 is 15.2 Å². The summed E-state index contributed by atoms with van der Waals surface area (Å²) in [7, 11) is 0. The zero-order chi connectivity index (χ0) is 13.7. The van der Waals surface area contributed by atoms with E-state index in [0.29, 0.717) is 24.2 Å². The fourth-order valence-corrected chi connectivity index (χ4v) is 2.46. The van der Waals surface area contributed by atoms with Gasteiger partial charge >= 0.3 is 0 Å². The van der Waals surface area contributed by atoms with Crippen LogP contribution in [-0.4, -0.2) is 48.2 Å². The number of likely N-dealkylation sites (N-methyl/N-ethyl adjacent to an activating group) is 1. The third-order valence-electron chi connectivity index (χ3n) is 3.47. The zero-order valence-corrected chi connectivity index (χ0v) is 11.6. The first-order valence-electron chi connectivity index (χ1n) is 6.87. The van der Waals surface area contributed by atoms with Crippen LogP contribution < -0.4 is 10.6 Å². The number of rotatable bonds is 5. The van der Waals surface area contributed by atoms with Crippen LogP contribution in [0.4, 0.5) is 5.82 Å². The van der Waals surface area contributed by atoms with E-state index in [9.17, 15) is 4.79 Å². The van der Waals surface area contributed by atoms with Gasteiger partial charge in [-0.1, -0.05) is 12.1 Å². The van der Waals surface area contributed by atoms with Crippen LogP contribution in [0.1, 0.15) is 25.5 Å². The molecule has 1 saturated heterocycles. The number of nitrogens with zero attached hydrogens (tertiary/aromatic N) is 2. The van der Waals surface area contributed by atoms with E-state index in [1.54, 1.807) is 13.0 Å². The molecule has 2 heterocycles. The Morgan fingerprint density at radius 3 is 2.89 bits per heavy atom. The third kappa shape index (κ3) is 4.04. The third-order valence-corrected chi connectivity index (χ3v) is 3.47. The molecule has 1 aromatic rings. The molecule has 0 saturated carbocycles. The maximum atomic E-state index is 12.0. The molecule has 106 valence electrons. The van der Waals surface area contributed by atoms with Gasteiger partial charge in [-0.3, -0.25) is 9.69 Å². The van der Waals surface area contributed by atoms with Gasteiger partial charge in [0.1, 0.15) is 5.76 Å². The molecule has 1 aromatic heterocycles. The molecular weight excluding hydrogens is 244 g/mol. The van der Waals surface area contributed by atoms with Crippen molar-refractivity contribution < 1.29 is 9.32 Å². The largest absolute Gasteiger partial charge is 0.360 e. The number of hydrogen-bond donors (Lipinski definition) is 2. The van der Waals surface area contributed by atoms with Gasteiger partial charge in [0.2, 0.25) is 5.91 Å². The van der Waals surface area contributed by atoms with E-state index in [1.807, 2.05) is 0 Å². The van der Waals surface area contributed by atoms with E-state index < -0.39 is 0 Å². The highest BCUT2D eigenvalue weighted by atomic mass is 16.5. The zero-order valence-electron chi connectivity index (χ0n) is 11.6. The molecule has 1 aliphatic heterocycles. The Labute approximate surface area is 113 Å². The molecule has 19 heavy (non-hydrogen) atoms. The van der Waals surface area contributed by atoms with Crippen molar-refractivity contribution in [2.75, 3.05) is 31.5 Å². The maximum Gasteiger partial charge on any atom is 0.239 e. The van der Waals surface area contributed by atoms with Gasteiger partial charge in [0, 0.05) is 12.1 Å². The van der Waals surface area contributed by atoms with Crippen molar-refractivity contribution in [2.24, 2.45) is 0 Å². The first-order chi connectivity index (χ1) is 9.19. The number of hydrogen-bond acceptors (Lipinski definition) is 5. The fraction of sp³-hybridized carbons (Fsp3) is 0.692. The summed E-state index contributed by atoms with van der Waals surface area (Å²) in [6.45, 7) is 7.26. The maximum absolute atomic E-state index is 12.0. The Hall–Kier alpha value is -1.40. The lowest BCUT2D eigenvalue weighted by Gasteiger charge is -2.33. The minimum Gasteiger partial charge on any atom is -0.360 e. The van der Waals surface area contributed by atoms with Crippen molar-refractivity contribution in [1.82, 2.24) is 15.4 Å². The van der Waals surface area contributed by atoms with Crippen molar-refractivity contribution in [3.8, 4) is 0 Å². The average Bonchev–Trinajstić information content (AvgIpc) is 2.82. The van der Waals surface area contributed by atoms with Crippen LogP contribution in [0.3, 0.4) is 0 Å². The Morgan fingerprint density at radius 1 is 1.58 bits per heavy atom. The van der Waals surface area contributed by atoms with E-state index in [0.717, 1.165) is 32.5 Å². The van der Waals surface area contributed by atoms with Gasteiger partial charge in [-0.2, -0.15) is 0 Å². The normalized spacial score (nSPS) is 16.8. The second kappa shape index (κ2) is 6.68. The van der Waals surface area contributed by atoms with Crippen LogP contribution in [0.5, 0.6) is 0 Å². The first-order valence-corrected chi connectivity index (χ1v) is 6.87. The molecular formula is C13H22N4O2. The highest BCUT2D eigenvalue weighted by Crippen LogP contribution is 2.12. The lowest BCUT2D eigenvalue weighted by Crippen LogP contribution is -2.46. The molecule has 2 N–H and O–H groups in total. The predicted octanol–water partition coefficient (Wildman–Crippen LogP) is 0.995. The summed E-state index contributed by atoms with van der Waals surface area (Å²) in [6.07, 6.45) is 2.20. The molecule has 1 amide bonds. The number of carbonyl (C=O) groups excluding carboxylic acids is 1. The lowest BCUT2D eigenvalue weighted by atomic mass is 10.0. The Bertz CT molecular complexity index is 413. The second-order valence-electron chi connectivity index (χ2n) is 4.92. The van der Waals surface area contributed by atoms with Crippen LogP contribution in [0.25, 0.3) is 0 Å². The summed E-state index contributed by atoms with van der Waals surface area (Å²) >= 11 is 0. The van der Waals surface area contributed by atoms with E-state index in [4.69, 9.17) is 4.52 Å². The van der Waals surface area contributed by atoms with E-state index in [-0.39, 0.29) is 5.91 Å². The summed E-state index contributed by atoms with van der Waals surface area (Å²) in [4.78, 5) is 14.2. The number of carbonyl (C=O) groups is 1. The fourth-order valence-electron chi connectivity index (χ4n) is 2.46. The number of aryl methyl sites for hydroxylation is 1. The van der Waals surface area contributed by atoms with Crippen LogP contribution in [0.2, 0.25) is 0 Å². The standard InChI is InChI=1S/C13H22N4O2/c1-3-17(11-4-6-14-7-5-11)9-13(18)15-12-8-10(2)19-16-12/h8,11,14H,3-7,9H2,1-2H3,(H,15,16,18). The van der Waals surface area contributed by atoms with Crippen molar-refractivity contribution in [3.63, 3.8) is 0 Å². The Kier molecular flexibility index (Phi) is 4.93. The summed E-state index contributed by atoms with van der Waals surface area (Å²) in [5.41, 5.74) is 0. The average molecular weight is 266 g/mol. The molecule has 2 rings (SSSR count). The van der Waals surface area contributed by atoms with Gasteiger partial charge in [0.25, 0.3) is 0 Å². The van der Waals surface area contributed by atoms with Crippen LogP contribution >= 0.6 is 0 Å². The molecule has 6 nitrogen and oxygen atoms in total.